The Kier molecular flexibility index (Phi) is 9.77. The van der Waals surface area contributed by atoms with Gasteiger partial charge in [0.25, 0.3) is 0 Å². The standard InChI is InChI=1S/C10H12O4S.C7H8S.Na/c1-7(2)15(13,14)9-5-3-8(4-6-9)10(11)12;1-6-2-4-7(8)5-3-6;/h3-7H,1-2H3,(H,11,12);2-5,8H,1H3;/q;;+1/p-1. The number of aryl methyl sites for hydroxylation is 1. The van der Waals surface area contributed by atoms with Gasteiger partial charge in [0.05, 0.1) is 15.7 Å². The number of hydrogen-bond donors (Lipinski definition) is 1. The Balaban J connectivity index is 0.000000498. The van der Waals surface area contributed by atoms with Crippen molar-refractivity contribution in [1.29, 1.82) is 0 Å². The van der Waals surface area contributed by atoms with E-state index in [0.717, 1.165) is 4.90 Å². The number of carboxylic acids is 1. The first kappa shape index (κ1) is 23.1. The minimum atomic E-state index is -3.31. The van der Waals surface area contributed by atoms with E-state index < -0.39 is 21.1 Å². The number of benzene rings is 2. The molecule has 0 aliphatic heterocycles. The van der Waals surface area contributed by atoms with Crippen LogP contribution in [-0.2, 0) is 22.5 Å². The first-order valence-electron chi connectivity index (χ1n) is 6.95. The number of aromatic carboxylic acids is 1. The van der Waals surface area contributed by atoms with Gasteiger partial charge >= 0.3 is 35.5 Å². The largest absolute Gasteiger partial charge is 1.00 e. The SMILES string of the molecule is CC(C)S(=O)(=O)c1ccc(C(=O)O)cc1.Cc1ccc([S-])cc1.[Na+]. The maximum atomic E-state index is 11.7. The van der Waals surface area contributed by atoms with Crippen molar-refractivity contribution >= 4 is 28.4 Å². The molecule has 0 spiro atoms. The van der Waals surface area contributed by atoms with Crippen molar-refractivity contribution in [3.8, 4) is 0 Å². The maximum absolute atomic E-state index is 11.7. The Hall–Kier alpha value is -0.920. The molecule has 0 saturated heterocycles. The van der Waals surface area contributed by atoms with E-state index in [0.29, 0.717) is 0 Å². The molecule has 0 aliphatic rings. The van der Waals surface area contributed by atoms with Crippen LogP contribution in [0, 0.1) is 6.92 Å². The molecule has 0 aliphatic carbocycles. The van der Waals surface area contributed by atoms with Gasteiger partial charge in [-0.15, -0.1) is 0 Å². The summed E-state index contributed by atoms with van der Waals surface area (Å²) in [7, 11) is -3.31. The van der Waals surface area contributed by atoms with Crippen molar-refractivity contribution in [2.45, 2.75) is 35.8 Å². The summed E-state index contributed by atoms with van der Waals surface area (Å²) < 4.78 is 23.3. The molecule has 7 heteroatoms. The zero-order chi connectivity index (χ0) is 17.6. The molecule has 1 N–H and O–H groups in total. The van der Waals surface area contributed by atoms with Gasteiger partial charge in [0.15, 0.2) is 9.84 Å². The third-order valence-electron chi connectivity index (χ3n) is 3.07. The van der Waals surface area contributed by atoms with Gasteiger partial charge in [-0.2, -0.15) is 4.90 Å². The van der Waals surface area contributed by atoms with Gasteiger partial charge in [-0.3, -0.25) is 0 Å². The molecule has 4 nitrogen and oxygen atoms in total. The minimum absolute atomic E-state index is 0. The summed E-state index contributed by atoms with van der Waals surface area (Å²) in [4.78, 5) is 11.6. The Morgan fingerprint density at radius 1 is 1.00 bits per heavy atom. The fourth-order valence-corrected chi connectivity index (χ4v) is 2.79. The number of hydrogen-bond acceptors (Lipinski definition) is 4. The van der Waals surface area contributed by atoms with Gasteiger partial charge < -0.3 is 17.7 Å². The molecular weight excluding hydrogens is 355 g/mol. The molecule has 2 aromatic rings. The van der Waals surface area contributed by atoms with E-state index in [1.807, 2.05) is 24.3 Å². The van der Waals surface area contributed by atoms with E-state index >= 15 is 0 Å². The zero-order valence-corrected chi connectivity index (χ0v) is 17.8. The van der Waals surface area contributed by atoms with Gasteiger partial charge in [0.2, 0.25) is 0 Å². The van der Waals surface area contributed by atoms with E-state index in [4.69, 9.17) is 17.7 Å². The molecule has 0 radical (unpaired) electrons. The van der Waals surface area contributed by atoms with Gasteiger partial charge in [-0.05, 0) is 45.0 Å². The molecule has 0 aromatic heterocycles. The van der Waals surface area contributed by atoms with Crippen LogP contribution in [0.15, 0.2) is 58.3 Å². The fourth-order valence-electron chi connectivity index (χ4n) is 1.60. The van der Waals surface area contributed by atoms with E-state index in [1.54, 1.807) is 13.8 Å². The summed E-state index contributed by atoms with van der Waals surface area (Å²) in [6.45, 7) is 5.22. The number of sulfone groups is 1. The predicted molar refractivity (Wildman–Crippen MR) is 92.5 cm³/mol. The third-order valence-corrected chi connectivity index (χ3v) is 5.51. The second kappa shape index (κ2) is 10.2. The van der Waals surface area contributed by atoms with Crippen LogP contribution in [0.1, 0.15) is 29.8 Å². The number of rotatable bonds is 3. The van der Waals surface area contributed by atoms with E-state index in [1.165, 1.54) is 29.8 Å². The summed E-state index contributed by atoms with van der Waals surface area (Å²) in [6.07, 6.45) is 0. The molecular formula is C17H19NaO4S2. The van der Waals surface area contributed by atoms with E-state index in [2.05, 4.69) is 6.92 Å². The monoisotopic (exact) mass is 374 g/mol. The molecule has 0 unspecified atom stereocenters. The van der Waals surface area contributed by atoms with E-state index in [9.17, 15) is 13.2 Å². The van der Waals surface area contributed by atoms with Crippen molar-refractivity contribution < 1.29 is 47.9 Å². The normalized spacial score (nSPS) is 10.3. The minimum Gasteiger partial charge on any atom is -0.780 e. The average Bonchev–Trinajstić information content (AvgIpc) is 2.51. The van der Waals surface area contributed by atoms with Crippen LogP contribution in [0.4, 0.5) is 0 Å². The summed E-state index contributed by atoms with van der Waals surface area (Å²) >= 11 is 4.87. The Morgan fingerprint density at radius 2 is 1.46 bits per heavy atom. The molecule has 0 bridgehead atoms. The van der Waals surface area contributed by atoms with Gasteiger partial charge in [-0.1, -0.05) is 29.8 Å². The molecule has 2 rings (SSSR count). The molecule has 124 valence electrons. The van der Waals surface area contributed by atoms with Gasteiger partial charge in [0.1, 0.15) is 0 Å². The molecule has 2 aromatic carbocycles. The summed E-state index contributed by atoms with van der Waals surface area (Å²) in [6, 6.07) is 13.1. The second-order valence-electron chi connectivity index (χ2n) is 5.24. The summed E-state index contributed by atoms with van der Waals surface area (Å²) in [5, 5.41) is 8.13. The van der Waals surface area contributed by atoms with E-state index in [-0.39, 0.29) is 40.0 Å². The quantitative estimate of drug-likeness (QED) is 0.625. The molecule has 0 saturated carbocycles. The van der Waals surface area contributed by atoms with Crippen LogP contribution >= 0.6 is 0 Å². The van der Waals surface area contributed by atoms with Crippen LogP contribution in [-0.4, -0.2) is 24.7 Å². The Labute approximate surface area is 170 Å². The van der Waals surface area contributed by atoms with Crippen LogP contribution in [0.5, 0.6) is 0 Å². The van der Waals surface area contributed by atoms with Crippen molar-refractivity contribution in [2.75, 3.05) is 0 Å². The maximum Gasteiger partial charge on any atom is 1.00 e. The topological polar surface area (TPSA) is 71.4 Å². The summed E-state index contributed by atoms with van der Waals surface area (Å²) in [5.41, 5.74) is 1.34. The van der Waals surface area contributed by atoms with Crippen molar-refractivity contribution in [3.05, 3.63) is 59.7 Å². The summed E-state index contributed by atoms with van der Waals surface area (Å²) in [5.74, 6) is -1.07. The zero-order valence-electron chi connectivity index (χ0n) is 14.2. The van der Waals surface area contributed by atoms with Gasteiger partial charge in [-0.25, -0.2) is 13.2 Å². The Morgan fingerprint density at radius 3 is 1.79 bits per heavy atom. The van der Waals surface area contributed by atoms with Crippen LogP contribution in [0.2, 0.25) is 0 Å². The van der Waals surface area contributed by atoms with Crippen LogP contribution in [0.25, 0.3) is 0 Å². The van der Waals surface area contributed by atoms with Crippen LogP contribution in [0.3, 0.4) is 0 Å². The number of carboxylic acid groups (broad SMARTS) is 1. The second-order valence-corrected chi connectivity index (χ2v) is 8.21. The van der Waals surface area contributed by atoms with Crippen molar-refractivity contribution in [1.82, 2.24) is 0 Å². The van der Waals surface area contributed by atoms with Crippen molar-refractivity contribution in [3.63, 3.8) is 0 Å². The number of carbonyl (C=O) groups is 1. The molecule has 0 amide bonds. The van der Waals surface area contributed by atoms with Crippen LogP contribution < -0.4 is 29.6 Å². The van der Waals surface area contributed by atoms with Gasteiger partial charge in [0, 0.05) is 0 Å². The predicted octanol–water partition coefficient (Wildman–Crippen LogP) is 0.472. The molecule has 24 heavy (non-hydrogen) atoms. The third kappa shape index (κ3) is 6.91. The molecule has 0 heterocycles. The fraction of sp³-hybridized carbons (Fsp3) is 0.235. The molecule has 0 atom stereocenters. The molecule has 0 fully saturated rings. The smallest absolute Gasteiger partial charge is 0.780 e. The van der Waals surface area contributed by atoms with Crippen molar-refractivity contribution in [2.24, 2.45) is 0 Å². The first-order chi connectivity index (χ1) is 10.6. The Bertz CT molecular complexity index is 731. The average molecular weight is 374 g/mol. The first-order valence-corrected chi connectivity index (χ1v) is 8.91.